The first-order valence-electron chi connectivity index (χ1n) is 5.28. The maximum atomic E-state index is 4.51. The third-order valence-corrected chi connectivity index (χ3v) is 3.06. The Morgan fingerprint density at radius 3 is 2.25 bits per heavy atom. The van der Waals surface area contributed by atoms with Gasteiger partial charge in [0.2, 0.25) is 0 Å². The summed E-state index contributed by atoms with van der Waals surface area (Å²) in [6.07, 6.45) is 6.77. The molecular weight excluding hydrogens is 164 g/mol. The summed E-state index contributed by atoms with van der Waals surface area (Å²) in [7, 11) is 0. The molecule has 1 rings (SSSR count). The second-order valence-electron chi connectivity index (χ2n) is 4.25. The highest BCUT2D eigenvalue weighted by atomic mass is 32.1. The van der Waals surface area contributed by atoms with Crippen molar-refractivity contribution in [2.45, 2.75) is 65.0 Å². The van der Waals surface area contributed by atoms with E-state index in [1.165, 1.54) is 32.1 Å². The zero-order valence-corrected chi connectivity index (χ0v) is 9.95. The average Bonchev–Trinajstić information content (AvgIpc) is 2.17. The van der Waals surface area contributed by atoms with E-state index in [9.17, 15) is 0 Å². The fourth-order valence-electron chi connectivity index (χ4n) is 1.64. The Labute approximate surface area is 83.5 Å². The van der Waals surface area contributed by atoms with Crippen LogP contribution in [0.3, 0.4) is 0 Å². The Bertz CT molecular complexity index is 108. The summed E-state index contributed by atoms with van der Waals surface area (Å²) < 4.78 is 0. The molecule has 1 fully saturated rings. The van der Waals surface area contributed by atoms with E-state index in [4.69, 9.17) is 0 Å². The molecule has 1 heteroatoms. The monoisotopic (exact) mass is 188 g/mol. The van der Waals surface area contributed by atoms with Gasteiger partial charge in [0.05, 0.1) is 0 Å². The summed E-state index contributed by atoms with van der Waals surface area (Å²) in [6.45, 7) is 8.75. The van der Waals surface area contributed by atoms with Crippen LogP contribution in [0.15, 0.2) is 0 Å². The molecule has 0 amide bonds. The van der Waals surface area contributed by atoms with Gasteiger partial charge in [0, 0.05) is 5.25 Å². The fourth-order valence-corrected chi connectivity index (χ4v) is 1.95. The van der Waals surface area contributed by atoms with E-state index in [0.29, 0.717) is 10.7 Å². The minimum Gasteiger partial charge on any atom is -0.176 e. The van der Waals surface area contributed by atoms with Crippen LogP contribution < -0.4 is 0 Å². The van der Waals surface area contributed by atoms with Gasteiger partial charge in [-0.2, -0.15) is 12.6 Å². The zero-order valence-electron chi connectivity index (χ0n) is 9.06. The van der Waals surface area contributed by atoms with Crippen LogP contribution in [0.2, 0.25) is 0 Å². The second kappa shape index (κ2) is 5.90. The molecule has 0 nitrogen and oxygen atoms in total. The number of hydrogen-bond donors (Lipinski definition) is 1. The van der Waals surface area contributed by atoms with Crippen LogP contribution in [0.4, 0.5) is 0 Å². The normalized spacial score (nSPS) is 28.2. The molecule has 1 saturated carbocycles. The van der Waals surface area contributed by atoms with Crippen LogP contribution in [0.1, 0.15) is 59.8 Å². The minimum absolute atomic E-state index is 0.595. The van der Waals surface area contributed by atoms with Crippen LogP contribution in [0.25, 0.3) is 0 Å². The highest BCUT2D eigenvalue weighted by molar-refractivity contribution is 7.80. The number of thiol groups is 1. The summed E-state index contributed by atoms with van der Waals surface area (Å²) in [4.78, 5) is 0. The number of rotatable bonds is 0. The van der Waals surface area contributed by atoms with Crippen molar-refractivity contribution in [3.63, 3.8) is 0 Å². The molecule has 0 unspecified atom stereocenters. The highest BCUT2D eigenvalue weighted by Crippen LogP contribution is 2.35. The summed E-state index contributed by atoms with van der Waals surface area (Å²) >= 11 is 4.51. The van der Waals surface area contributed by atoms with Gasteiger partial charge in [-0.3, -0.25) is 0 Å². The average molecular weight is 188 g/mol. The molecule has 0 saturated heterocycles. The van der Waals surface area contributed by atoms with Crippen molar-refractivity contribution in [3.05, 3.63) is 0 Å². The summed E-state index contributed by atoms with van der Waals surface area (Å²) in [5.41, 5.74) is 0.595. The molecule has 1 atom stereocenters. The lowest BCUT2D eigenvalue weighted by Gasteiger charge is -2.21. The van der Waals surface area contributed by atoms with E-state index in [2.05, 4.69) is 26.5 Å². The maximum Gasteiger partial charge on any atom is 0.00170 e. The third kappa shape index (κ3) is 5.08. The summed E-state index contributed by atoms with van der Waals surface area (Å²) in [5.74, 6) is 0. The first-order valence-corrected chi connectivity index (χ1v) is 5.80. The predicted octanol–water partition coefficient (Wildman–Crippen LogP) is 4.30. The van der Waals surface area contributed by atoms with Crippen molar-refractivity contribution >= 4 is 12.6 Å². The maximum absolute atomic E-state index is 4.51. The van der Waals surface area contributed by atoms with E-state index in [0.717, 1.165) is 0 Å². The first-order chi connectivity index (χ1) is 5.60. The SMILES string of the molecule is CC.CC1(C)CCC[C@H](S)CC1. The molecule has 0 aromatic heterocycles. The van der Waals surface area contributed by atoms with Crippen LogP contribution in [-0.4, -0.2) is 5.25 Å². The van der Waals surface area contributed by atoms with E-state index < -0.39 is 0 Å². The minimum atomic E-state index is 0.595. The Morgan fingerprint density at radius 1 is 1.08 bits per heavy atom. The quantitative estimate of drug-likeness (QED) is 0.425. The zero-order chi connectivity index (χ0) is 9.61. The van der Waals surface area contributed by atoms with Crippen LogP contribution in [0.5, 0.6) is 0 Å². The van der Waals surface area contributed by atoms with Gasteiger partial charge in [-0.25, -0.2) is 0 Å². The van der Waals surface area contributed by atoms with Crippen molar-refractivity contribution in [1.29, 1.82) is 0 Å². The van der Waals surface area contributed by atoms with Crippen LogP contribution in [0, 0.1) is 5.41 Å². The Kier molecular flexibility index (Phi) is 6.08. The first kappa shape index (κ1) is 12.3. The van der Waals surface area contributed by atoms with Gasteiger partial charge in [-0.05, 0) is 31.1 Å². The lowest BCUT2D eigenvalue weighted by Crippen LogP contribution is -2.08. The molecule has 0 spiro atoms. The molecule has 0 aromatic carbocycles. The summed E-state index contributed by atoms with van der Waals surface area (Å²) in [6, 6.07) is 0. The Morgan fingerprint density at radius 2 is 1.67 bits per heavy atom. The molecule has 1 aliphatic rings. The van der Waals surface area contributed by atoms with Crippen molar-refractivity contribution < 1.29 is 0 Å². The van der Waals surface area contributed by atoms with E-state index in [1.54, 1.807) is 0 Å². The molecule has 1 aliphatic carbocycles. The molecule has 0 bridgehead atoms. The van der Waals surface area contributed by atoms with Gasteiger partial charge in [-0.1, -0.05) is 34.1 Å². The Balaban J connectivity index is 0.000000561. The topological polar surface area (TPSA) is 0 Å². The van der Waals surface area contributed by atoms with Gasteiger partial charge >= 0.3 is 0 Å². The lowest BCUT2D eigenvalue weighted by molar-refractivity contribution is 0.315. The second-order valence-corrected chi connectivity index (χ2v) is 4.98. The fraction of sp³-hybridized carbons (Fsp3) is 1.00. The van der Waals surface area contributed by atoms with Gasteiger partial charge < -0.3 is 0 Å². The van der Waals surface area contributed by atoms with E-state index in [1.807, 2.05) is 13.8 Å². The van der Waals surface area contributed by atoms with Crippen molar-refractivity contribution in [3.8, 4) is 0 Å². The molecule has 12 heavy (non-hydrogen) atoms. The lowest BCUT2D eigenvalue weighted by atomic mass is 9.85. The molecule has 0 heterocycles. The molecule has 0 radical (unpaired) electrons. The van der Waals surface area contributed by atoms with E-state index >= 15 is 0 Å². The van der Waals surface area contributed by atoms with Gasteiger partial charge in [-0.15, -0.1) is 0 Å². The van der Waals surface area contributed by atoms with Gasteiger partial charge in [0.25, 0.3) is 0 Å². The van der Waals surface area contributed by atoms with E-state index in [-0.39, 0.29) is 0 Å². The largest absolute Gasteiger partial charge is 0.176 e. The molecule has 0 aliphatic heterocycles. The molecule has 0 aromatic rings. The number of hydrogen-bond acceptors (Lipinski definition) is 1. The van der Waals surface area contributed by atoms with Gasteiger partial charge in [0.1, 0.15) is 0 Å². The predicted molar refractivity (Wildman–Crippen MR) is 61.0 cm³/mol. The van der Waals surface area contributed by atoms with Crippen molar-refractivity contribution in [1.82, 2.24) is 0 Å². The van der Waals surface area contributed by atoms with Crippen molar-refractivity contribution in [2.75, 3.05) is 0 Å². The molecule has 0 N–H and O–H groups in total. The highest BCUT2D eigenvalue weighted by Gasteiger charge is 2.22. The van der Waals surface area contributed by atoms with Crippen LogP contribution >= 0.6 is 12.6 Å². The van der Waals surface area contributed by atoms with Gasteiger partial charge in [0.15, 0.2) is 0 Å². The third-order valence-electron chi connectivity index (χ3n) is 2.55. The van der Waals surface area contributed by atoms with Crippen molar-refractivity contribution in [2.24, 2.45) is 5.41 Å². The summed E-state index contributed by atoms with van der Waals surface area (Å²) in [5, 5.41) is 0.682. The molecule has 74 valence electrons. The standard InChI is InChI=1S/C9H18S.C2H6/c1-9(2)6-3-4-8(10)5-7-9;1-2/h8,10H,3-7H2,1-2H3;1-2H3/t8-;/m0./s1. The molecular formula is C11H24S. The smallest absolute Gasteiger partial charge is 0.00170 e. The van der Waals surface area contributed by atoms with Crippen LogP contribution in [-0.2, 0) is 0 Å². The Hall–Kier alpha value is 0.350.